The monoisotopic (exact) mass is 230 g/mol. The lowest BCUT2D eigenvalue weighted by Crippen LogP contribution is -2.41. The number of aryl methyl sites for hydroxylation is 2. The Morgan fingerprint density at radius 3 is 2.76 bits per heavy atom. The average molecular weight is 230 g/mol. The van der Waals surface area contributed by atoms with Crippen LogP contribution in [-0.4, -0.2) is 30.7 Å². The summed E-state index contributed by atoms with van der Waals surface area (Å²) in [4.78, 5) is 2.30. The van der Waals surface area contributed by atoms with Crippen LogP contribution < -0.4 is 0 Å². The van der Waals surface area contributed by atoms with E-state index < -0.39 is 0 Å². The van der Waals surface area contributed by atoms with Gasteiger partial charge in [0.2, 0.25) is 0 Å². The number of rotatable bonds is 2. The highest BCUT2D eigenvalue weighted by Crippen LogP contribution is 2.17. The average Bonchev–Trinajstić information content (AvgIpc) is 2.34. The minimum Gasteiger partial charge on any atom is -0.361 e. The van der Waals surface area contributed by atoms with E-state index in [4.69, 9.17) is 10.00 Å². The summed E-state index contributed by atoms with van der Waals surface area (Å²) >= 11 is 0. The van der Waals surface area contributed by atoms with Gasteiger partial charge in [0.05, 0.1) is 12.7 Å². The van der Waals surface area contributed by atoms with Gasteiger partial charge in [0.25, 0.3) is 0 Å². The van der Waals surface area contributed by atoms with Gasteiger partial charge in [-0.25, -0.2) is 0 Å². The predicted molar refractivity (Wildman–Crippen MR) is 66.5 cm³/mol. The molecule has 3 heteroatoms. The van der Waals surface area contributed by atoms with Crippen molar-refractivity contribution < 1.29 is 4.74 Å². The van der Waals surface area contributed by atoms with Gasteiger partial charge in [0.1, 0.15) is 0 Å². The van der Waals surface area contributed by atoms with Crippen LogP contribution in [0.3, 0.4) is 0 Å². The summed E-state index contributed by atoms with van der Waals surface area (Å²) in [7, 11) is 0. The topological polar surface area (TPSA) is 36.3 Å². The van der Waals surface area contributed by atoms with Gasteiger partial charge in [-0.2, -0.15) is 5.26 Å². The first-order chi connectivity index (χ1) is 8.20. The predicted octanol–water partition coefficient (Wildman–Crippen LogP) is 2.03. The van der Waals surface area contributed by atoms with E-state index in [1.807, 2.05) is 0 Å². The molecule has 0 radical (unpaired) electrons. The van der Waals surface area contributed by atoms with E-state index in [1.165, 1.54) is 16.7 Å². The van der Waals surface area contributed by atoms with Gasteiger partial charge in [-0.05, 0) is 30.5 Å². The zero-order valence-electron chi connectivity index (χ0n) is 10.4. The Morgan fingerprint density at radius 2 is 2.12 bits per heavy atom. The second-order valence-corrected chi connectivity index (χ2v) is 4.59. The van der Waals surface area contributed by atoms with Crippen molar-refractivity contribution in [3.05, 3.63) is 34.9 Å². The number of hydrogen-bond acceptors (Lipinski definition) is 3. The highest BCUT2D eigenvalue weighted by atomic mass is 16.5. The van der Waals surface area contributed by atoms with Crippen molar-refractivity contribution in [3.63, 3.8) is 0 Å². The minimum absolute atomic E-state index is 0.270. The van der Waals surface area contributed by atoms with Crippen molar-refractivity contribution in [1.82, 2.24) is 4.90 Å². The molecule has 1 unspecified atom stereocenters. The zero-order chi connectivity index (χ0) is 12.3. The molecule has 0 saturated carbocycles. The summed E-state index contributed by atoms with van der Waals surface area (Å²) in [5, 5.41) is 8.88. The molecule has 0 spiro atoms. The molecule has 1 aliphatic heterocycles. The first-order valence-electron chi connectivity index (χ1n) is 5.99. The summed E-state index contributed by atoms with van der Waals surface area (Å²) in [6, 6.07) is 8.56. The number of hydrogen-bond donors (Lipinski definition) is 0. The van der Waals surface area contributed by atoms with Crippen molar-refractivity contribution in [2.75, 3.05) is 19.7 Å². The van der Waals surface area contributed by atoms with Gasteiger partial charge in [-0.15, -0.1) is 0 Å². The van der Waals surface area contributed by atoms with E-state index in [9.17, 15) is 0 Å². The summed E-state index contributed by atoms with van der Waals surface area (Å²) in [6.45, 7) is 7.48. The normalized spacial score (nSPS) is 21.1. The van der Waals surface area contributed by atoms with Crippen molar-refractivity contribution >= 4 is 0 Å². The fraction of sp³-hybridized carbons (Fsp3) is 0.500. The molecule has 17 heavy (non-hydrogen) atoms. The van der Waals surface area contributed by atoms with Gasteiger partial charge in [-0.3, -0.25) is 4.90 Å². The Balaban J connectivity index is 2.08. The Bertz CT molecular complexity index is 416. The summed E-state index contributed by atoms with van der Waals surface area (Å²) in [5.74, 6) is 0. The molecule has 90 valence electrons. The van der Waals surface area contributed by atoms with E-state index in [2.05, 4.69) is 43.0 Å². The second-order valence-electron chi connectivity index (χ2n) is 4.59. The molecular formula is C14H18N2O. The van der Waals surface area contributed by atoms with Crippen molar-refractivity contribution in [1.29, 1.82) is 5.26 Å². The van der Waals surface area contributed by atoms with Crippen molar-refractivity contribution in [3.8, 4) is 6.07 Å². The second kappa shape index (κ2) is 5.31. The molecule has 1 aromatic carbocycles. The van der Waals surface area contributed by atoms with E-state index in [0.29, 0.717) is 13.2 Å². The summed E-state index contributed by atoms with van der Waals surface area (Å²) < 4.78 is 5.35. The number of ether oxygens (including phenoxy) is 1. The maximum absolute atomic E-state index is 8.88. The molecule has 0 bridgehead atoms. The van der Waals surface area contributed by atoms with Gasteiger partial charge in [-0.1, -0.05) is 18.2 Å². The lowest BCUT2D eigenvalue weighted by Gasteiger charge is -2.30. The van der Waals surface area contributed by atoms with Crippen LogP contribution in [0.4, 0.5) is 0 Å². The lowest BCUT2D eigenvalue weighted by molar-refractivity contribution is -0.00282. The van der Waals surface area contributed by atoms with Gasteiger partial charge in [0.15, 0.2) is 6.10 Å². The Kier molecular flexibility index (Phi) is 3.78. The van der Waals surface area contributed by atoms with E-state index in [0.717, 1.165) is 13.1 Å². The SMILES string of the molecule is Cc1cccc(C)c1CN1CCOC(C#N)C1. The molecular weight excluding hydrogens is 212 g/mol. The molecule has 1 saturated heterocycles. The summed E-state index contributed by atoms with van der Waals surface area (Å²) in [5.41, 5.74) is 4.03. The van der Waals surface area contributed by atoms with Gasteiger partial charge < -0.3 is 4.74 Å². The molecule has 0 N–H and O–H groups in total. The maximum Gasteiger partial charge on any atom is 0.156 e. The number of morpholine rings is 1. The highest BCUT2D eigenvalue weighted by Gasteiger charge is 2.20. The van der Waals surface area contributed by atoms with Crippen LogP contribution in [0.5, 0.6) is 0 Å². The molecule has 1 aromatic rings. The standard InChI is InChI=1S/C14H18N2O/c1-11-4-3-5-12(2)14(11)10-16-6-7-17-13(8-15)9-16/h3-5,13H,6-7,9-10H2,1-2H3. The molecule has 3 nitrogen and oxygen atoms in total. The minimum atomic E-state index is -0.270. The van der Waals surface area contributed by atoms with Crippen LogP contribution in [0.1, 0.15) is 16.7 Å². The Hall–Kier alpha value is -1.37. The van der Waals surface area contributed by atoms with Crippen LogP contribution in [0, 0.1) is 25.2 Å². The van der Waals surface area contributed by atoms with Crippen LogP contribution in [0.25, 0.3) is 0 Å². The van der Waals surface area contributed by atoms with Crippen LogP contribution in [-0.2, 0) is 11.3 Å². The largest absolute Gasteiger partial charge is 0.361 e. The van der Waals surface area contributed by atoms with Crippen molar-refractivity contribution in [2.45, 2.75) is 26.5 Å². The quantitative estimate of drug-likeness (QED) is 0.780. The van der Waals surface area contributed by atoms with E-state index >= 15 is 0 Å². The van der Waals surface area contributed by atoms with Gasteiger partial charge >= 0.3 is 0 Å². The third-order valence-electron chi connectivity index (χ3n) is 3.32. The first-order valence-corrected chi connectivity index (χ1v) is 5.99. The number of nitrogens with zero attached hydrogens (tertiary/aromatic N) is 2. The molecule has 0 aliphatic carbocycles. The zero-order valence-corrected chi connectivity index (χ0v) is 10.4. The summed E-state index contributed by atoms with van der Waals surface area (Å²) in [6.07, 6.45) is -0.270. The fourth-order valence-corrected chi connectivity index (χ4v) is 2.25. The number of benzene rings is 1. The van der Waals surface area contributed by atoms with Crippen LogP contribution in [0.2, 0.25) is 0 Å². The number of nitriles is 1. The first kappa shape index (κ1) is 12.1. The molecule has 0 aromatic heterocycles. The third kappa shape index (κ3) is 2.85. The third-order valence-corrected chi connectivity index (χ3v) is 3.32. The fourth-order valence-electron chi connectivity index (χ4n) is 2.25. The Labute approximate surface area is 103 Å². The lowest BCUT2D eigenvalue weighted by atomic mass is 10.0. The Morgan fingerprint density at radius 1 is 1.41 bits per heavy atom. The van der Waals surface area contributed by atoms with Gasteiger partial charge in [0, 0.05) is 19.6 Å². The van der Waals surface area contributed by atoms with E-state index in [-0.39, 0.29) is 6.10 Å². The molecule has 0 amide bonds. The highest BCUT2D eigenvalue weighted by molar-refractivity contribution is 5.33. The molecule has 1 aliphatic rings. The van der Waals surface area contributed by atoms with Crippen molar-refractivity contribution in [2.24, 2.45) is 0 Å². The smallest absolute Gasteiger partial charge is 0.156 e. The maximum atomic E-state index is 8.88. The molecule has 1 heterocycles. The molecule has 1 fully saturated rings. The molecule has 1 atom stereocenters. The van der Waals surface area contributed by atoms with E-state index in [1.54, 1.807) is 0 Å². The van der Waals surface area contributed by atoms with Crippen LogP contribution in [0.15, 0.2) is 18.2 Å². The molecule has 2 rings (SSSR count). The van der Waals surface area contributed by atoms with Crippen LogP contribution >= 0.6 is 0 Å².